The van der Waals surface area contributed by atoms with E-state index in [0.29, 0.717) is 5.56 Å². The van der Waals surface area contributed by atoms with Crippen LogP contribution in [0.1, 0.15) is 17.3 Å². The monoisotopic (exact) mass is 284 g/mol. The zero-order valence-electron chi connectivity index (χ0n) is 8.51. The molecule has 0 atom stereocenters. The molecule has 0 spiro atoms. The molecule has 84 valence electrons. The van der Waals surface area contributed by atoms with Gasteiger partial charge in [-0.1, -0.05) is 15.9 Å². The van der Waals surface area contributed by atoms with E-state index in [4.69, 9.17) is 5.26 Å². The molecule has 5 nitrogen and oxygen atoms in total. The van der Waals surface area contributed by atoms with E-state index in [9.17, 15) is 14.9 Å². The van der Waals surface area contributed by atoms with Gasteiger partial charge in [0.05, 0.1) is 16.3 Å². The number of hydrogen-bond donors (Lipinski definition) is 0. The molecule has 0 fully saturated rings. The van der Waals surface area contributed by atoms with Gasteiger partial charge in [0.1, 0.15) is 0 Å². The number of ketones is 1. The number of non-ortho nitro benzene ring substituents is 1. The number of carbonyl (C=O) groups is 1. The summed E-state index contributed by atoms with van der Waals surface area (Å²) in [5.41, 5.74) is 0.466. The molecule has 0 saturated carbocycles. The van der Waals surface area contributed by atoms with Gasteiger partial charge in [-0.25, -0.2) is 0 Å². The Hall–Kier alpha value is -1.74. The van der Waals surface area contributed by atoms with E-state index in [2.05, 4.69) is 15.9 Å². The summed E-state index contributed by atoms with van der Waals surface area (Å²) in [5, 5.41) is 17.8. The minimum Gasteiger partial charge on any atom is -0.293 e. The van der Waals surface area contributed by atoms with Crippen molar-refractivity contribution in [2.45, 2.75) is 6.92 Å². The van der Waals surface area contributed by atoms with Gasteiger partial charge in [0.15, 0.2) is 5.78 Å². The Kier molecular flexibility index (Phi) is 6.72. The van der Waals surface area contributed by atoms with Crippen LogP contribution in [0.2, 0.25) is 0 Å². The number of nitrogens with zero attached hydrogens (tertiary/aromatic N) is 2. The van der Waals surface area contributed by atoms with Crippen LogP contribution in [0, 0.1) is 21.4 Å². The van der Waals surface area contributed by atoms with E-state index in [1.807, 2.05) is 0 Å². The lowest BCUT2D eigenvalue weighted by Gasteiger charge is -1.95. The molecular weight excluding hydrogens is 276 g/mol. The van der Waals surface area contributed by atoms with Crippen LogP contribution >= 0.6 is 15.9 Å². The maximum atomic E-state index is 11.1. The van der Waals surface area contributed by atoms with Gasteiger partial charge in [0, 0.05) is 24.6 Å². The second-order valence-corrected chi connectivity index (χ2v) is 3.15. The van der Waals surface area contributed by atoms with E-state index in [0.717, 1.165) is 0 Å². The van der Waals surface area contributed by atoms with Gasteiger partial charge >= 0.3 is 0 Å². The normalized spacial score (nSPS) is 8.31. The van der Waals surface area contributed by atoms with Crippen LogP contribution in [0.15, 0.2) is 24.3 Å². The summed E-state index contributed by atoms with van der Waals surface area (Å²) in [6.07, 6.45) is 0. The van der Waals surface area contributed by atoms with Crippen molar-refractivity contribution in [3.05, 3.63) is 39.9 Å². The first-order valence-electron chi connectivity index (χ1n) is 4.21. The van der Waals surface area contributed by atoms with Crippen LogP contribution in [0.25, 0.3) is 0 Å². The SMILES string of the molecule is CC#N.O=C(CBr)c1ccc([N+](=O)[O-])cc1. The van der Waals surface area contributed by atoms with Crippen LogP contribution in [-0.4, -0.2) is 16.0 Å². The lowest BCUT2D eigenvalue weighted by Crippen LogP contribution is -1.99. The summed E-state index contributed by atoms with van der Waals surface area (Å²) in [5.74, 6) is -0.0881. The van der Waals surface area contributed by atoms with Crippen LogP contribution < -0.4 is 0 Å². The maximum Gasteiger partial charge on any atom is 0.269 e. The van der Waals surface area contributed by atoms with Crippen molar-refractivity contribution in [3.63, 3.8) is 0 Å². The first kappa shape index (κ1) is 14.3. The first-order chi connectivity index (χ1) is 7.56. The second-order valence-electron chi connectivity index (χ2n) is 2.58. The topological polar surface area (TPSA) is 84.0 Å². The van der Waals surface area contributed by atoms with Crippen LogP contribution in [0.3, 0.4) is 0 Å². The number of nitro groups is 1. The van der Waals surface area contributed by atoms with E-state index in [1.54, 1.807) is 6.07 Å². The summed E-state index contributed by atoms with van der Waals surface area (Å²) >= 11 is 3.02. The summed E-state index contributed by atoms with van der Waals surface area (Å²) < 4.78 is 0. The molecule has 0 unspecified atom stereocenters. The number of Topliss-reactive ketones (excluding diaryl/α,β-unsaturated/α-hetero) is 1. The van der Waals surface area contributed by atoms with Crippen molar-refractivity contribution in [2.24, 2.45) is 0 Å². The fourth-order valence-electron chi connectivity index (χ4n) is 0.846. The molecule has 0 aliphatic rings. The van der Waals surface area contributed by atoms with Crippen LogP contribution in [-0.2, 0) is 0 Å². The quantitative estimate of drug-likeness (QED) is 0.370. The van der Waals surface area contributed by atoms with Gasteiger partial charge in [0.25, 0.3) is 5.69 Å². The molecule has 0 aliphatic carbocycles. The zero-order chi connectivity index (χ0) is 12.6. The third-order valence-corrected chi connectivity index (χ3v) is 2.03. The smallest absolute Gasteiger partial charge is 0.269 e. The summed E-state index contributed by atoms with van der Waals surface area (Å²) in [6, 6.07) is 7.27. The molecular formula is C10H9BrN2O3. The lowest BCUT2D eigenvalue weighted by molar-refractivity contribution is -0.384. The number of carbonyl (C=O) groups excluding carboxylic acids is 1. The highest BCUT2D eigenvalue weighted by Crippen LogP contribution is 2.12. The Morgan fingerprint density at radius 3 is 2.25 bits per heavy atom. The molecule has 0 radical (unpaired) electrons. The number of rotatable bonds is 3. The van der Waals surface area contributed by atoms with Gasteiger partial charge in [-0.05, 0) is 12.1 Å². The molecule has 0 amide bonds. The standard InChI is InChI=1S/C8H6BrNO3.C2H3N/c9-5-8(11)6-1-3-7(4-2-6)10(12)13;1-2-3/h1-4H,5H2;1H3. The molecule has 0 bridgehead atoms. The van der Waals surface area contributed by atoms with Crippen LogP contribution in [0.5, 0.6) is 0 Å². The Balaban J connectivity index is 0.000000673. The third kappa shape index (κ3) is 4.66. The summed E-state index contributed by atoms with van der Waals surface area (Å²) in [6.45, 7) is 1.43. The van der Waals surface area contributed by atoms with E-state index >= 15 is 0 Å². The number of nitro benzene ring substituents is 1. The van der Waals surface area contributed by atoms with Gasteiger partial charge in [-0.15, -0.1) is 0 Å². The minimum absolute atomic E-state index is 0.00822. The Morgan fingerprint density at radius 2 is 1.94 bits per heavy atom. The molecule has 16 heavy (non-hydrogen) atoms. The molecule has 1 aromatic rings. The fraction of sp³-hybridized carbons (Fsp3) is 0.200. The van der Waals surface area contributed by atoms with Crippen molar-refractivity contribution in [1.29, 1.82) is 5.26 Å². The summed E-state index contributed by atoms with van der Waals surface area (Å²) in [7, 11) is 0. The van der Waals surface area contributed by atoms with E-state index in [-0.39, 0.29) is 16.8 Å². The fourth-order valence-corrected chi connectivity index (χ4v) is 1.17. The zero-order valence-corrected chi connectivity index (χ0v) is 10.1. The predicted octanol–water partition coefficient (Wildman–Crippen LogP) is 2.70. The molecule has 0 N–H and O–H groups in total. The largest absolute Gasteiger partial charge is 0.293 e. The summed E-state index contributed by atoms with van der Waals surface area (Å²) in [4.78, 5) is 20.8. The van der Waals surface area contributed by atoms with Crippen LogP contribution in [0.4, 0.5) is 5.69 Å². The first-order valence-corrected chi connectivity index (χ1v) is 5.33. The number of halogens is 1. The maximum absolute atomic E-state index is 11.1. The van der Waals surface area contributed by atoms with Gasteiger partial charge in [0.2, 0.25) is 0 Å². The van der Waals surface area contributed by atoms with Gasteiger partial charge in [-0.3, -0.25) is 14.9 Å². The van der Waals surface area contributed by atoms with Crippen molar-refractivity contribution in [3.8, 4) is 6.07 Å². The predicted molar refractivity (Wildman–Crippen MR) is 62.5 cm³/mol. The molecule has 1 aromatic carbocycles. The number of alkyl halides is 1. The van der Waals surface area contributed by atoms with Crippen molar-refractivity contribution in [2.75, 3.05) is 5.33 Å². The average molecular weight is 285 g/mol. The second kappa shape index (κ2) is 7.54. The van der Waals surface area contributed by atoms with Crippen molar-refractivity contribution >= 4 is 27.4 Å². The molecule has 0 heterocycles. The van der Waals surface area contributed by atoms with E-state index < -0.39 is 4.92 Å². The van der Waals surface area contributed by atoms with Crippen molar-refractivity contribution in [1.82, 2.24) is 0 Å². The number of nitriles is 1. The highest BCUT2D eigenvalue weighted by atomic mass is 79.9. The lowest BCUT2D eigenvalue weighted by atomic mass is 10.1. The molecule has 0 saturated heterocycles. The molecule has 0 aromatic heterocycles. The average Bonchev–Trinajstić information content (AvgIpc) is 2.29. The van der Waals surface area contributed by atoms with Gasteiger partial charge < -0.3 is 0 Å². The molecule has 1 rings (SSSR count). The van der Waals surface area contributed by atoms with Gasteiger partial charge in [-0.2, -0.15) is 5.26 Å². The third-order valence-electron chi connectivity index (χ3n) is 1.52. The van der Waals surface area contributed by atoms with Crippen molar-refractivity contribution < 1.29 is 9.72 Å². The molecule has 6 heteroatoms. The van der Waals surface area contributed by atoms with E-state index in [1.165, 1.54) is 31.2 Å². The number of hydrogen-bond acceptors (Lipinski definition) is 4. The highest BCUT2D eigenvalue weighted by Gasteiger charge is 2.07. The Labute approximate surface area is 101 Å². The Morgan fingerprint density at radius 1 is 1.50 bits per heavy atom. The highest BCUT2D eigenvalue weighted by molar-refractivity contribution is 9.09. The Bertz CT molecular complexity index is 409. The molecule has 0 aliphatic heterocycles. The minimum atomic E-state index is -0.498. The number of benzene rings is 1.